The molecule has 0 saturated carbocycles. The summed E-state index contributed by atoms with van der Waals surface area (Å²) in [7, 11) is -4.50. The first kappa shape index (κ1) is 24.7. The van der Waals surface area contributed by atoms with Crippen LogP contribution in [-0.2, 0) is 0 Å². The molecule has 0 aromatic heterocycles. The Hall–Kier alpha value is -1.54. The molecule has 2 rings (SSSR count). The van der Waals surface area contributed by atoms with Crippen LogP contribution in [0.15, 0.2) is 60.7 Å². The van der Waals surface area contributed by atoms with Crippen molar-refractivity contribution in [1.29, 1.82) is 0 Å². The van der Waals surface area contributed by atoms with Gasteiger partial charge < -0.3 is 16.3 Å². The lowest BCUT2D eigenvalue weighted by atomic mass is 10.1. The number of rotatable bonds is 12. The van der Waals surface area contributed by atoms with Crippen LogP contribution >= 0.6 is 0 Å². The quantitative estimate of drug-likeness (QED) is 0.409. The number of nitrogens with two attached hydrogens (primary N) is 2. The molecule has 5 heteroatoms. The van der Waals surface area contributed by atoms with Crippen molar-refractivity contribution in [3.8, 4) is 0 Å². The van der Waals surface area contributed by atoms with Gasteiger partial charge in [0.25, 0.3) is 0 Å². The van der Waals surface area contributed by atoms with E-state index in [-0.39, 0.29) is 0 Å². The molecule has 3 nitrogen and oxygen atoms in total. The summed E-state index contributed by atoms with van der Waals surface area (Å²) in [5, 5.41) is 0.590. The monoisotopic (exact) mass is 440 g/mol. The molecule has 4 N–H and O–H groups in total. The molecule has 0 heterocycles. The Kier molecular flexibility index (Phi) is 9.22. The second-order valence-electron chi connectivity index (χ2n) is 9.56. The SMILES string of the molecule is C[Si](C)(C(=O)[Si](C)(C)C(CCCN)c1ccccc1)C(CCCN)c1ccccc1. The van der Waals surface area contributed by atoms with E-state index >= 15 is 0 Å². The van der Waals surface area contributed by atoms with Gasteiger partial charge in [0.1, 0.15) is 16.1 Å². The molecular weight excluding hydrogens is 400 g/mol. The maximum atomic E-state index is 14.3. The minimum Gasteiger partial charge on any atom is -0.330 e. The van der Waals surface area contributed by atoms with E-state index in [0.717, 1.165) is 25.7 Å². The molecule has 2 aromatic rings. The molecular formula is C25H40N2OSi2. The summed E-state index contributed by atoms with van der Waals surface area (Å²) in [6.45, 7) is 10.5. The van der Waals surface area contributed by atoms with Gasteiger partial charge in [0, 0.05) is 0 Å². The van der Waals surface area contributed by atoms with E-state index in [4.69, 9.17) is 11.5 Å². The van der Waals surface area contributed by atoms with E-state index in [0.29, 0.717) is 29.2 Å². The zero-order valence-electron chi connectivity index (χ0n) is 19.2. The van der Waals surface area contributed by atoms with E-state index in [9.17, 15) is 4.79 Å². The van der Waals surface area contributed by atoms with Gasteiger partial charge >= 0.3 is 0 Å². The predicted octanol–water partition coefficient (Wildman–Crippen LogP) is 5.81. The molecule has 0 spiro atoms. The maximum absolute atomic E-state index is 14.3. The lowest BCUT2D eigenvalue weighted by Crippen LogP contribution is -2.58. The summed E-state index contributed by atoms with van der Waals surface area (Å²) >= 11 is 0. The van der Waals surface area contributed by atoms with Gasteiger partial charge in [-0.2, -0.15) is 0 Å². The van der Waals surface area contributed by atoms with Crippen LogP contribution in [-0.4, -0.2) is 34.3 Å². The molecule has 0 fully saturated rings. The molecule has 0 bridgehead atoms. The molecule has 0 aliphatic heterocycles. The second-order valence-corrected chi connectivity index (χ2v) is 19.2. The Morgan fingerprint density at radius 2 is 1.03 bits per heavy atom. The van der Waals surface area contributed by atoms with Gasteiger partial charge in [0.15, 0.2) is 0 Å². The fourth-order valence-electron chi connectivity index (χ4n) is 5.05. The van der Waals surface area contributed by atoms with Crippen molar-refractivity contribution in [1.82, 2.24) is 0 Å². The summed E-state index contributed by atoms with van der Waals surface area (Å²) in [5.74, 6) is 0. The summed E-state index contributed by atoms with van der Waals surface area (Å²) in [4.78, 5) is 14.3. The van der Waals surface area contributed by atoms with Gasteiger partial charge in [-0.3, -0.25) is 0 Å². The van der Waals surface area contributed by atoms with E-state index in [1.807, 2.05) is 0 Å². The highest BCUT2D eigenvalue weighted by molar-refractivity contribution is 7.32. The first-order valence-electron chi connectivity index (χ1n) is 11.3. The molecule has 2 aromatic carbocycles. The molecule has 164 valence electrons. The minimum absolute atomic E-state index is 0.312. The van der Waals surface area contributed by atoms with Crippen LogP contribution in [0.3, 0.4) is 0 Å². The van der Waals surface area contributed by atoms with Crippen LogP contribution < -0.4 is 11.5 Å². The molecule has 30 heavy (non-hydrogen) atoms. The van der Waals surface area contributed by atoms with Gasteiger partial charge in [0.05, 0.1) is 5.03 Å². The second kappa shape index (κ2) is 11.2. The van der Waals surface area contributed by atoms with Crippen molar-refractivity contribution >= 4 is 21.2 Å². The van der Waals surface area contributed by atoms with Crippen molar-refractivity contribution < 1.29 is 4.79 Å². The van der Waals surface area contributed by atoms with E-state index in [1.165, 1.54) is 11.1 Å². The van der Waals surface area contributed by atoms with Gasteiger partial charge in [-0.05, 0) is 61.0 Å². The number of hydrogen-bond acceptors (Lipinski definition) is 3. The van der Waals surface area contributed by atoms with Crippen molar-refractivity contribution in [3.05, 3.63) is 71.8 Å². The summed E-state index contributed by atoms with van der Waals surface area (Å²) in [6.07, 6.45) is 3.91. The van der Waals surface area contributed by atoms with Crippen molar-refractivity contribution in [2.75, 3.05) is 13.1 Å². The third-order valence-electron chi connectivity index (χ3n) is 6.71. The summed E-state index contributed by atoms with van der Waals surface area (Å²) in [5.41, 5.74) is 15.0. The standard InChI is InChI=1S/C25H40N2OSi2/c1-29(2,23(17-11-19-26)21-13-7-5-8-14-21)25(28)30(3,4)24(18-12-20-27)22-15-9-6-10-16-22/h5-10,13-16,23-24H,11-12,17-20,26-27H2,1-4H3. The Labute approximate surface area is 185 Å². The Morgan fingerprint density at radius 1 is 0.700 bits per heavy atom. The minimum atomic E-state index is -2.25. The Morgan fingerprint density at radius 3 is 1.33 bits per heavy atom. The maximum Gasteiger partial charge on any atom is 0.128 e. The fourth-order valence-corrected chi connectivity index (χ4v) is 17.3. The van der Waals surface area contributed by atoms with Gasteiger partial charge in [-0.15, -0.1) is 0 Å². The van der Waals surface area contributed by atoms with Crippen LogP contribution in [0.2, 0.25) is 26.2 Å². The lowest BCUT2D eigenvalue weighted by molar-refractivity contribution is 0.271. The average molecular weight is 441 g/mol. The smallest absolute Gasteiger partial charge is 0.128 e. The van der Waals surface area contributed by atoms with E-state index in [1.54, 1.807) is 0 Å². The molecule has 0 saturated heterocycles. The van der Waals surface area contributed by atoms with Gasteiger partial charge in [-0.25, -0.2) is 0 Å². The third kappa shape index (κ3) is 5.78. The number of carbonyl (C=O) groups excluding carboxylic acids is 1. The highest BCUT2D eigenvalue weighted by Crippen LogP contribution is 2.40. The summed E-state index contributed by atoms with van der Waals surface area (Å²) in [6, 6.07) is 21.3. The Balaban J connectivity index is 2.42. The molecule has 0 aliphatic rings. The van der Waals surface area contributed by atoms with Crippen LogP contribution in [0.4, 0.5) is 4.79 Å². The molecule has 0 amide bonds. The van der Waals surface area contributed by atoms with Gasteiger partial charge in [0.2, 0.25) is 0 Å². The van der Waals surface area contributed by atoms with Crippen LogP contribution in [0.1, 0.15) is 47.9 Å². The highest BCUT2D eigenvalue weighted by Gasteiger charge is 2.50. The zero-order chi connectivity index (χ0) is 22.2. The molecule has 2 unspecified atom stereocenters. The van der Waals surface area contributed by atoms with E-state index in [2.05, 4.69) is 86.9 Å². The largest absolute Gasteiger partial charge is 0.330 e. The van der Waals surface area contributed by atoms with E-state index < -0.39 is 16.1 Å². The van der Waals surface area contributed by atoms with Crippen molar-refractivity contribution in [2.45, 2.75) is 63.0 Å². The molecule has 2 atom stereocenters. The number of benzene rings is 2. The van der Waals surface area contributed by atoms with Crippen LogP contribution in [0.25, 0.3) is 0 Å². The first-order valence-corrected chi connectivity index (χ1v) is 17.5. The van der Waals surface area contributed by atoms with Crippen LogP contribution in [0, 0.1) is 0 Å². The topological polar surface area (TPSA) is 69.1 Å². The normalized spacial score (nSPS) is 14.3. The first-order chi connectivity index (χ1) is 14.3. The van der Waals surface area contributed by atoms with Crippen molar-refractivity contribution in [2.24, 2.45) is 11.5 Å². The predicted molar refractivity (Wildman–Crippen MR) is 135 cm³/mol. The average Bonchev–Trinajstić information content (AvgIpc) is 2.75. The van der Waals surface area contributed by atoms with Crippen LogP contribution in [0.5, 0.6) is 0 Å². The number of hydrogen-bond donors (Lipinski definition) is 2. The number of carbonyl (C=O) groups is 1. The fraction of sp³-hybridized carbons (Fsp3) is 0.480. The molecule has 0 radical (unpaired) electrons. The van der Waals surface area contributed by atoms with Crippen molar-refractivity contribution in [3.63, 3.8) is 0 Å². The Bertz CT molecular complexity index is 713. The van der Waals surface area contributed by atoms with Gasteiger partial charge in [-0.1, -0.05) is 86.9 Å². The lowest BCUT2D eigenvalue weighted by Gasteiger charge is -2.41. The third-order valence-corrected chi connectivity index (χ3v) is 17.6. The zero-order valence-corrected chi connectivity index (χ0v) is 21.2. The molecule has 0 aliphatic carbocycles. The highest BCUT2D eigenvalue weighted by atomic mass is 28.4. The summed E-state index contributed by atoms with van der Waals surface area (Å²) < 4.78 is 0.